The highest BCUT2D eigenvalue weighted by atomic mass is 35.5. The van der Waals surface area contributed by atoms with Crippen LogP contribution in [0.3, 0.4) is 0 Å². The van der Waals surface area contributed by atoms with Crippen LogP contribution in [0.4, 0.5) is 0 Å². The molecule has 6 nitrogen and oxygen atoms in total. The second-order valence-corrected chi connectivity index (χ2v) is 5.78. The first-order valence-electron chi connectivity index (χ1n) is 7.63. The topological polar surface area (TPSA) is 68.2 Å². The van der Waals surface area contributed by atoms with Crippen molar-refractivity contribution >= 4 is 17.5 Å². The van der Waals surface area contributed by atoms with Crippen LogP contribution in [-0.4, -0.2) is 28.8 Å². The molecule has 0 atom stereocenters. The lowest BCUT2D eigenvalue weighted by atomic mass is 10.3. The predicted octanol–water partition coefficient (Wildman–Crippen LogP) is 1.72. The summed E-state index contributed by atoms with van der Waals surface area (Å²) in [5.41, 5.74) is 2.01. The minimum atomic E-state index is -0.203. The third-order valence-electron chi connectivity index (χ3n) is 3.61. The number of aryl methyl sites for hydroxylation is 1. The molecular formula is C16H19ClN4O2. The minimum Gasteiger partial charge on any atom is -0.482 e. The van der Waals surface area contributed by atoms with Gasteiger partial charge < -0.3 is 15.4 Å². The maximum atomic E-state index is 11.9. The van der Waals surface area contributed by atoms with Gasteiger partial charge >= 0.3 is 0 Å². The number of rotatable bonds is 5. The number of ether oxygens (including phenoxy) is 1. The predicted molar refractivity (Wildman–Crippen MR) is 87.3 cm³/mol. The first kappa shape index (κ1) is 15.8. The molecule has 0 aliphatic carbocycles. The largest absolute Gasteiger partial charge is 0.482 e. The van der Waals surface area contributed by atoms with Gasteiger partial charge in [0.2, 0.25) is 0 Å². The van der Waals surface area contributed by atoms with Gasteiger partial charge in [-0.2, -0.15) is 5.10 Å². The molecule has 1 aliphatic rings. The Kier molecular flexibility index (Phi) is 5.15. The summed E-state index contributed by atoms with van der Waals surface area (Å²) in [7, 11) is 0. The smallest absolute Gasteiger partial charge is 0.258 e. The third-order valence-corrected chi connectivity index (χ3v) is 3.92. The molecule has 3 rings (SSSR count). The summed E-state index contributed by atoms with van der Waals surface area (Å²) in [6, 6.07) is 9.10. The van der Waals surface area contributed by atoms with E-state index in [-0.39, 0.29) is 12.5 Å². The monoisotopic (exact) mass is 334 g/mol. The maximum Gasteiger partial charge on any atom is 0.258 e. The van der Waals surface area contributed by atoms with Crippen molar-refractivity contribution in [2.75, 3.05) is 13.2 Å². The second kappa shape index (κ2) is 7.48. The molecule has 1 amide bonds. The summed E-state index contributed by atoms with van der Waals surface area (Å²) in [5.74, 6) is 0.301. The molecule has 0 unspecified atom stereocenters. The number of hydrogen-bond acceptors (Lipinski definition) is 4. The van der Waals surface area contributed by atoms with E-state index in [0.717, 1.165) is 37.4 Å². The molecule has 1 aromatic carbocycles. The van der Waals surface area contributed by atoms with E-state index in [1.54, 1.807) is 12.1 Å². The molecule has 23 heavy (non-hydrogen) atoms. The van der Waals surface area contributed by atoms with Crippen LogP contribution in [0, 0.1) is 0 Å². The van der Waals surface area contributed by atoms with E-state index in [9.17, 15) is 4.79 Å². The maximum absolute atomic E-state index is 11.9. The summed E-state index contributed by atoms with van der Waals surface area (Å²) in [4.78, 5) is 11.9. The Morgan fingerprint density at radius 2 is 2.30 bits per heavy atom. The van der Waals surface area contributed by atoms with E-state index in [2.05, 4.69) is 15.7 Å². The summed E-state index contributed by atoms with van der Waals surface area (Å²) >= 11 is 5.98. The van der Waals surface area contributed by atoms with Crippen LogP contribution >= 0.6 is 11.6 Å². The number of nitrogens with one attached hydrogen (secondary N) is 2. The van der Waals surface area contributed by atoms with Gasteiger partial charge in [-0.25, -0.2) is 0 Å². The highest BCUT2D eigenvalue weighted by Gasteiger charge is 2.11. The number of fused-ring (bicyclic) bond motifs is 1. The van der Waals surface area contributed by atoms with Gasteiger partial charge in [0, 0.05) is 13.1 Å². The van der Waals surface area contributed by atoms with E-state index in [0.29, 0.717) is 17.3 Å². The molecule has 0 fully saturated rings. The molecule has 2 N–H and O–H groups in total. The first-order valence-corrected chi connectivity index (χ1v) is 8.00. The Balaban J connectivity index is 1.48. The van der Waals surface area contributed by atoms with Crippen molar-refractivity contribution in [1.82, 2.24) is 20.4 Å². The van der Waals surface area contributed by atoms with Gasteiger partial charge in [0.15, 0.2) is 6.61 Å². The van der Waals surface area contributed by atoms with Crippen LogP contribution in [0.25, 0.3) is 0 Å². The number of nitrogens with zero attached hydrogens (tertiary/aromatic N) is 2. The van der Waals surface area contributed by atoms with E-state index >= 15 is 0 Å². The summed E-state index contributed by atoms with van der Waals surface area (Å²) in [6.45, 7) is 3.06. The van der Waals surface area contributed by atoms with Crippen molar-refractivity contribution < 1.29 is 9.53 Å². The van der Waals surface area contributed by atoms with Gasteiger partial charge in [0.1, 0.15) is 5.75 Å². The Morgan fingerprint density at radius 3 is 3.17 bits per heavy atom. The van der Waals surface area contributed by atoms with Gasteiger partial charge in [-0.15, -0.1) is 0 Å². The molecule has 0 saturated heterocycles. The lowest BCUT2D eigenvalue weighted by Gasteiger charge is -2.07. The molecule has 2 heterocycles. The van der Waals surface area contributed by atoms with E-state index in [1.807, 2.05) is 22.9 Å². The lowest BCUT2D eigenvalue weighted by Crippen LogP contribution is -2.28. The molecule has 0 saturated carbocycles. The van der Waals surface area contributed by atoms with E-state index < -0.39 is 0 Å². The highest BCUT2D eigenvalue weighted by molar-refractivity contribution is 6.32. The van der Waals surface area contributed by atoms with E-state index in [4.69, 9.17) is 16.3 Å². The summed E-state index contributed by atoms with van der Waals surface area (Å²) in [5, 5.41) is 11.2. The lowest BCUT2D eigenvalue weighted by molar-refractivity contribution is -0.123. The zero-order valence-electron chi connectivity index (χ0n) is 12.7. The zero-order chi connectivity index (χ0) is 16.1. The summed E-state index contributed by atoms with van der Waals surface area (Å²) < 4.78 is 7.41. The van der Waals surface area contributed by atoms with Crippen molar-refractivity contribution in [2.24, 2.45) is 0 Å². The fourth-order valence-electron chi connectivity index (χ4n) is 2.45. The fraction of sp³-hybridized carbons (Fsp3) is 0.375. The molecule has 122 valence electrons. The van der Waals surface area contributed by atoms with Gasteiger partial charge in [-0.1, -0.05) is 23.7 Å². The molecule has 0 spiro atoms. The molecule has 7 heteroatoms. The van der Waals surface area contributed by atoms with Crippen LogP contribution in [0.1, 0.15) is 17.8 Å². The average Bonchev–Trinajstić information content (AvgIpc) is 2.81. The second-order valence-electron chi connectivity index (χ2n) is 5.38. The van der Waals surface area contributed by atoms with Crippen LogP contribution in [0.15, 0.2) is 30.3 Å². The number of para-hydroxylation sites is 1. The number of amides is 1. The number of benzene rings is 1. The minimum absolute atomic E-state index is 0.0706. The number of carbonyl (C=O) groups excluding carboxylic acids is 1. The van der Waals surface area contributed by atoms with Gasteiger partial charge in [-0.05, 0) is 31.2 Å². The summed E-state index contributed by atoms with van der Waals surface area (Å²) in [6.07, 6.45) is 1.06. The normalized spacial score (nSPS) is 14.0. The SMILES string of the molecule is O=C(COc1ccccc1Cl)NCc1cc2n(n1)CCCNC2. The number of hydrogen-bond donors (Lipinski definition) is 2. The molecule has 1 aromatic heterocycles. The number of halogens is 1. The molecule has 0 radical (unpaired) electrons. The molecule has 1 aliphatic heterocycles. The van der Waals surface area contributed by atoms with Crippen LogP contribution < -0.4 is 15.4 Å². The quantitative estimate of drug-likeness (QED) is 0.873. The van der Waals surface area contributed by atoms with Crippen molar-refractivity contribution in [3.8, 4) is 5.75 Å². The number of aromatic nitrogens is 2. The first-order chi connectivity index (χ1) is 11.2. The Bertz CT molecular complexity index is 663. The Morgan fingerprint density at radius 1 is 1.43 bits per heavy atom. The average molecular weight is 335 g/mol. The molecular weight excluding hydrogens is 316 g/mol. The zero-order valence-corrected chi connectivity index (χ0v) is 13.5. The van der Waals surface area contributed by atoms with E-state index in [1.165, 1.54) is 0 Å². The van der Waals surface area contributed by atoms with Gasteiger partial charge in [0.05, 0.1) is 23.0 Å². The van der Waals surface area contributed by atoms with Crippen molar-refractivity contribution in [3.05, 3.63) is 46.7 Å². The third kappa shape index (κ3) is 4.24. The van der Waals surface area contributed by atoms with Crippen molar-refractivity contribution in [1.29, 1.82) is 0 Å². The van der Waals surface area contributed by atoms with Crippen LogP contribution in [-0.2, 0) is 24.4 Å². The Hall–Kier alpha value is -2.05. The van der Waals surface area contributed by atoms with Gasteiger partial charge in [0.25, 0.3) is 5.91 Å². The van der Waals surface area contributed by atoms with Crippen LogP contribution in [0.2, 0.25) is 5.02 Å². The fourth-order valence-corrected chi connectivity index (χ4v) is 2.64. The van der Waals surface area contributed by atoms with Crippen molar-refractivity contribution in [2.45, 2.75) is 26.1 Å². The molecule has 0 bridgehead atoms. The van der Waals surface area contributed by atoms with Crippen molar-refractivity contribution in [3.63, 3.8) is 0 Å². The number of carbonyl (C=O) groups is 1. The Labute approximate surface area is 139 Å². The van der Waals surface area contributed by atoms with Crippen LogP contribution in [0.5, 0.6) is 5.75 Å². The highest BCUT2D eigenvalue weighted by Crippen LogP contribution is 2.22. The molecule has 2 aromatic rings. The van der Waals surface area contributed by atoms with Gasteiger partial charge in [-0.3, -0.25) is 9.48 Å². The standard InChI is InChI=1S/C16H19ClN4O2/c17-14-4-1-2-5-15(14)23-11-16(22)19-9-12-8-13-10-18-6-3-7-21(13)20-12/h1-2,4-5,8,18H,3,6-7,9-11H2,(H,19,22).